The highest BCUT2D eigenvalue weighted by molar-refractivity contribution is 8.00. The van der Waals surface area contributed by atoms with Crippen LogP contribution in [-0.4, -0.2) is 20.5 Å². The molecular weight excluding hydrogens is 533 g/mol. The predicted molar refractivity (Wildman–Crippen MR) is 139 cm³/mol. The van der Waals surface area contributed by atoms with Crippen molar-refractivity contribution in [2.24, 2.45) is 5.92 Å². The quantitative estimate of drug-likeness (QED) is 0.197. The van der Waals surface area contributed by atoms with Gasteiger partial charge in [-0.05, 0) is 41.7 Å². The Bertz CT molecular complexity index is 1340. The van der Waals surface area contributed by atoms with Gasteiger partial charge in [-0.25, -0.2) is 0 Å². The lowest BCUT2D eigenvalue weighted by Crippen LogP contribution is -2.31. The van der Waals surface area contributed by atoms with Crippen LogP contribution in [0.1, 0.15) is 29.5 Å². The summed E-state index contributed by atoms with van der Waals surface area (Å²) in [6.07, 6.45) is 0.638. The van der Waals surface area contributed by atoms with E-state index in [0.717, 1.165) is 11.1 Å². The van der Waals surface area contributed by atoms with Crippen molar-refractivity contribution in [3.8, 4) is 0 Å². The molecule has 1 aliphatic heterocycles. The molecule has 5 unspecified atom stereocenters. The lowest BCUT2D eigenvalue weighted by molar-refractivity contribution is -0.387. The zero-order valence-corrected chi connectivity index (χ0v) is 21.0. The molecule has 2 aliphatic rings. The fourth-order valence-corrected chi connectivity index (χ4v) is 7.68. The van der Waals surface area contributed by atoms with E-state index in [-0.39, 0.29) is 39.9 Å². The van der Waals surface area contributed by atoms with Gasteiger partial charge in [0.2, 0.25) is 0 Å². The number of hydrogen-bond acceptors (Lipinski definition) is 6. The normalized spacial score (nSPS) is 24.8. The molecule has 1 aliphatic carbocycles. The molecule has 0 bridgehead atoms. The highest BCUT2D eigenvalue weighted by Gasteiger charge is 2.51. The average molecular weight is 551 g/mol. The van der Waals surface area contributed by atoms with E-state index in [9.17, 15) is 20.2 Å². The number of non-ortho nitro benzene ring substituents is 1. The van der Waals surface area contributed by atoms with Crippen LogP contribution in [0.4, 0.5) is 17.1 Å². The molecule has 0 radical (unpaired) electrons. The minimum absolute atomic E-state index is 0.0000979. The Morgan fingerprint density at radius 2 is 1.74 bits per heavy atom. The van der Waals surface area contributed by atoms with Crippen LogP contribution in [0.15, 0.2) is 65.6 Å². The van der Waals surface area contributed by atoms with E-state index >= 15 is 0 Å². The van der Waals surface area contributed by atoms with Crippen molar-refractivity contribution in [3.05, 3.63) is 102 Å². The zero-order chi connectivity index (χ0) is 24.9. The molecule has 35 heavy (non-hydrogen) atoms. The van der Waals surface area contributed by atoms with Crippen molar-refractivity contribution < 1.29 is 9.85 Å². The van der Waals surface area contributed by atoms with Gasteiger partial charge in [0.25, 0.3) is 11.4 Å². The molecule has 3 aromatic carbocycles. The van der Waals surface area contributed by atoms with Gasteiger partial charge in [0, 0.05) is 34.4 Å². The van der Waals surface area contributed by atoms with Gasteiger partial charge >= 0.3 is 0 Å². The summed E-state index contributed by atoms with van der Waals surface area (Å²) >= 11 is 21.4. The molecular formula is C24H18Cl3N3O4S. The summed E-state index contributed by atoms with van der Waals surface area (Å²) in [7, 11) is 0. The van der Waals surface area contributed by atoms with Gasteiger partial charge in [0.05, 0.1) is 36.9 Å². The average Bonchev–Trinajstić information content (AvgIpc) is 3.15. The molecule has 1 fully saturated rings. The van der Waals surface area contributed by atoms with Gasteiger partial charge in [-0.15, -0.1) is 23.4 Å². The number of benzene rings is 3. The molecule has 5 atom stereocenters. The fraction of sp³-hybridized carbons (Fsp3) is 0.250. The first kappa shape index (κ1) is 24.2. The van der Waals surface area contributed by atoms with E-state index in [1.54, 1.807) is 36.4 Å². The maximum atomic E-state index is 11.6. The summed E-state index contributed by atoms with van der Waals surface area (Å²) < 4.78 is 0. The summed E-state index contributed by atoms with van der Waals surface area (Å²) in [4.78, 5) is 22.7. The smallest absolute Gasteiger partial charge is 0.282 e. The largest absolute Gasteiger partial charge is 0.376 e. The van der Waals surface area contributed by atoms with E-state index in [1.807, 2.05) is 12.1 Å². The molecule has 3 aromatic rings. The van der Waals surface area contributed by atoms with Crippen LogP contribution < -0.4 is 5.32 Å². The molecule has 0 spiro atoms. The zero-order valence-electron chi connectivity index (χ0n) is 17.9. The minimum Gasteiger partial charge on any atom is -0.376 e. The van der Waals surface area contributed by atoms with Crippen LogP contribution >= 0.6 is 46.6 Å². The number of nitrogens with one attached hydrogen (secondary N) is 1. The summed E-state index contributed by atoms with van der Waals surface area (Å²) in [5.74, 6) is -0.199. The first-order valence-corrected chi connectivity index (χ1v) is 12.9. The standard InChI is InChI=1S/C24H18Cl3N3O4S/c25-13-9-15-21-16(11-20(22(21)27)35-19-7-2-1-6-18(19)30(33)34)23(28-24(15)17(26)10-13)12-4-3-5-14(8-12)29(31)32/h1-10,16,20-23,28H,11H2. The van der Waals surface area contributed by atoms with E-state index in [1.165, 1.54) is 23.9 Å². The number of hydrogen-bond donors (Lipinski definition) is 1. The fourth-order valence-electron chi connectivity index (χ4n) is 5.18. The molecule has 11 heteroatoms. The molecule has 0 amide bonds. The third kappa shape index (κ3) is 4.44. The van der Waals surface area contributed by atoms with Crippen LogP contribution in [0, 0.1) is 26.1 Å². The highest BCUT2D eigenvalue weighted by Crippen LogP contribution is 2.59. The van der Waals surface area contributed by atoms with Crippen LogP contribution in [0.3, 0.4) is 0 Å². The van der Waals surface area contributed by atoms with E-state index in [2.05, 4.69) is 5.32 Å². The van der Waals surface area contributed by atoms with Gasteiger partial charge < -0.3 is 5.32 Å². The van der Waals surface area contributed by atoms with Crippen molar-refractivity contribution in [1.82, 2.24) is 0 Å². The predicted octanol–water partition coefficient (Wildman–Crippen LogP) is 7.85. The Balaban J connectivity index is 1.58. The van der Waals surface area contributed by atoms with Crippen molar-refractivity contribution in [3.63, 3.8) is 0 Å². The molecule has 7 nitrogen and oxygen atoms in total. The third-order valence-corrected chi connectivity index (χ3v) is 9.25. The van der Waals surface area contributed by atoms with Crippen LogP contribution in [0.25, 0.3) is 0 Å². The van der Waals surface area contributed by atoms with Crippen molar-refractivity contribution >= 4 is 63.6 Å². The summed E-state index contributed by atoms with van der Waals surface area (Å²) in [5, 5.41) is 26.9. The summed E-state index contributed by atoms with van der Waals surface area (Å²) in [5.41, 5.74) is 2.39. The van der Waals surface area contributed by atoms with Crippen molar-refractivity contribution in [1.29, 1.82) is 0 Å². The number of nitrogens with zero attached hydrogens (tertiary/aromatic N) is 2. The van der Waals surface area contributed by atoms with Crippen LogP contribution in [0.2, 0.25) is 10.0 Å². The lowest BCUT2D eigenvalue weighted by Gasteiger charge is -2.38. The van der Waals surface area contributed by atoms with Gasteiger partial charge in [0.15, 0.2) is 0 Å². The highest BCUT2D eigenvalue weighted by atomic mass is 35.5. The number of nitro benzene ring substituents is 2. The van der Waals surface area contributed by atoms with Gasteiger partial charge in [-0.3, -0.25) is 20.2 Å². The maximum Gasteiger partial charge on any atom is 0.282 e. The number of alkyl halides is 1. The number of nitro groups is 2. The number of halogens is 3. The first-order valence-electron chi connectivity index (χ1n) is 10.8. The van der Waals surface area contributed by atoms with Crippen molar-refractivity contribution in [2.45, 2.75) is 33.9 Å². The second-order valence-corrected chi connectivity index (χ2v) is 11.2. The SMILES string of the molecule is O=[N+]([O-])c1cccc(C2Nc3c(Cl)cc(Cl)cc3C3C(Cl)C(Sc4ccccc4[N+](=O)[O-])CC23)c1. The number of para-hydroxylation sites is 1. The molecule has 180 valence electrons. The van der Waals surface area contributed by atoms with Gasteiger partial charge in [0.1, 0.15) is 0 Å². The topological polar surface area (TPSA) is 98.3 Å². The molecule has 1 heterocycles. The van der Waals surface area contributed by atoms with Gasteiger partial charge in [-0.2, -0.15) is 0 Å². The number of rotatable bonds is 5. The molecule has 0 saturated heterocycles. The Kier molecular flexibility index (Phi) is 6.57. The molecule has 0 aromatic heterocycles. The number of anilines is 1. The van der Waals surface area contributed by atoms with Crippen LogP contribution in [0.5, 0.6) is 0 Å². The Hall–Kier alpha value is -2.52. The second kappa shape index (κ2) is 9.50. The molecule has 1 saturated carbocycles. The molecule has 5 rings (SSSR count). The summed E-state index contributed by atoms with van der Waals surface area (Å²) in [6, 6.07) is 16.4. The summed E-state index contributed by atoms with van der Waals surface area (Å²) in [6.45, 7) is 0. The van der Waals surface area contributed by atoms with E-state index < -0.39 is 9.85 Å². The molecule has 1 N–H and O–H groups in total. The van der Waals surface area contributed by atoms with E-state index in [4.69, 9.17) is 34.8 Å². The van der Waals surface area contributed by atoms with E-state index in [0.29, 0.717) is 27.0 Å². The second-order valence-electron chi connectivity index (χ2n) is 8.58. The Morgan fingerprint density at radius 3 is 2.49 bits per heavy atom. The Labute approximate surface area is 220 Å². The van der Waals surface area contributed by atoms with Crippen LogP contribution in [-0.2, 0) is 0 Å². The lowest BCUT2D eigenvalue weighted by atomic mass is 9.77. The first-order chi connectivity index (χ1) is 16.7. The third-order valence-electron chi connectivity index (χ3n) is 6.62. The Morgan fingerprint density at radius 1 is 0.971 bits per heavy atom. The maximum absolute atomic E-state index is 11.6. The monoisotopic (exact) mass is 549 g/mol. The minimum atomic E-state index is -0.420. The number of thioether (sulfide) groups is 1. The number of fused-ring (bicyclic) bond motifs is 3. The van der Waals surface area contributed by atoms with Gasteiger partial charge in [-0.1, -0.05) is 47.5 Å². The van der Waals surface area contributed by atoms with Crippen molar-refractivity contribution in [2.75, 3.05) is 5.32 Å².